The van der Waals surface area contributed by atoms with Crippen molar-refractivity contribution in [2.24, 2.45) is 0 Å². The summed E-state index contributed by atoms with van der Waals surface area (Å²) in [5.41, 5.74) is -0.109. The Labute approximate surface area is 118 Å². The van der Waals surface area contributed by atoms with E-state index in [9.17, 15) is 23.5 Å². The number of nitrogens with one attached hydrogen (secondary N) is 2. The second-order valence-corrected chi connectivity index (χ2v) is 4.08. The van der Waals surface area contributed by atoms with Crippen LogP contribution < -0.4 is 10.6 Å². The maximum Gasteiger partial charge on any atom is 0.314 e. The number of aromatic hydroxyl groups is 1. The van der Waals surface area contributed by atoms with Crippen molar-refractivity contribution in [1.29, 1.82) is 0 Å². The summed E-state index contributed by atoms with van der Waals surface area (Å²) in [4.78, 5) is 23.2. The first-order valence-corrected chi connectivity index (χ1v) is 5.82. The first-order chi connectivity index (χ1) is 9.95. The Balaban J connectivity index is 2.04. The highest BCUT2D eigenvalue weighted by Crippen LogP contribution is 2.16. The van der Waals surface area contributed by atoms with Crippen molar-refractivity contribution in [3.63, 3.8) is 0 Å². The lowest BCUT2D eigenvalue weighted by Crippen LogP contribution is -2.29. The lowest BCUT2D eigenvalue weighted by Gasteiger charge is -2.07. The number of anilines is 2. The van der Waals surface area contributed by atoms with Gasteiger partial charge in [-0.2, -0.15) is 0 Å². The number of carbonyl (C=O) groups excluding carboxylic acids is 2. The highest BCUT2D eigenvalue weighted by atomic mass is 19.1. The van der Waals surface area contributed by atoms with E-state index in [0.717, 1.165) is 12.1 Å². The van der Waals surface area contributed by atoms with Crippen LogP contribution in [0.5, 0.6) is 5.75 Å². The Morgan fingerprint density at radius 1 is 0.952 bits per heavy atom. The SMILES string of the molecule is O=C(Nc1cccc(O)c1)C(=O)Nc1ccc(F)cc1F. The van der Waals surface area contributed by atoms with Crippen LogP contribution in [-0.4, -0.2) is 16.9 Å². The number of amides is 2. The van der Waals surface area contributed by atoms with Gasteiger partial charge in [-0.15, -0.1) is 0 Å². The summed E-state index contributed by atoms with van der Waals surface area (Å²) in [7, 11) is 0. The molecule has 0 aliphatic rings. The molecule has 0 bridgehead atoms. The van der Waals surface area contributed by atoms with Crippen LogP contribution in [0.1, 0.15) is 0 Å². The van der Waals surface area contributed by atoms with E-state index in [4.69, 9.17) is 0 Å². The van der Waals surface area contributed by atoms with Crippen molar-refractivity contribution in [2.45, 2.75) is 0 Å². The standard InChI is InChI=1S/C14H10F2N2O3/c15-8-4-5-12(11(16)6-8)18-14(21)13(20)17-9-2-1-3-10(19)7-9/h1-7,19H,(H,17,20)(H,18,21). The van der Waals surface area contributed by atoms with Crippen LogP contribution in [0.15, 0.2) is 42.5 Å². The second-order valence-electron chi connectivity index (χ2n) is 4.08. The fraction of sp³-hybridized carbons (Fsp3) is 0. The van der Waals surface area contributed by atoms with Crippen molar-refractivity contribution in [3.05, 3.63) is 54.1 Å². The van der Waals surface area contributed by atoms with Crippen LogP contribution in [0.2, 0.25) is 0 Å². The zero-order valence-corrected chi connectivity index (χ0v) is 10.6. The first-order valence-electron chi connectivity index (χ1n) is 5.82. The molecule has 0 aromatic heterocycles. The van der Waals surface area contributed by atoms with Crippen LogP contribution in [0.25, 0.3) is 0 Å². The first kappa shape index (κ1) is 14.4. The Bertz CT molecular complexity index is 704. The van der Waals surface area contributed by atoms with E-state index in [0.29, 0.717) is 6.07 Å². The third-order valence-corrected chi connectivity index (χ3v) is 2.49. The third kappa shape index (κ3) is 3.75. The van der Waals surface area contributed by atoms with Gasteiger partial charge in [0.1, 0.15) is 17.4 Å². The number of benzene rings is 2. The fourth-order valence-electron chi connectivity index (χ4n) is 1.54. The van der Waals surface area contributed by atoms with Gasteiger partial charge in [0.2, 0.25) is 0 Å². The lowest BCUT2D eigenvalue weighted by atomic mass is 10.3. The summed E-state index contributed by atoms with van der Waals surface area (Å²) in [6, 6.07) is 8.11. The summed E-state index contributed by atoms with van der Waals surface area (Å²) >= 11 is 0. The molecule has 0 atom stereocenters. The summed E-state index contributed by atoms with van der Waals surface area (Å²) in [5.74, 6) is -4.05. The molecule has 5 nitrogen and oxygen atoms in total. The fourth-order valence-corrected chi connectivity index (χ4v) is 1.54. The van der Waals surface area contributed by atoms with Gasteiger partial charge in [-0.1, -0.05) is 6.07 Å². The molecule has 0 aliphatic carbocycles. The molecule has 7 heteroatoms. The number of rotatable bonds is 2. The molecule has 0 fully saturated rings. The monoisotopic (exact) mass is 292 g/mol. The average Bonchev–Trinajstić information content (AvgIpc) is 2.41. The van der Waals surface area contributed by atoms with Crippen LogP contribution in [0.3, 0.4) is 0 Å². The molecule has 2 rings (SSSR count). The number of phenols is 1. The molecule has 0 aliphatic heterocycles. The molecule has 0 saturated heterocycles. The number of phenolic OH excluding ortho intramolecular Hbond substituents is 1. The molecule has 2 aromatic rings. The number of hydrogen-bond acceptors (Lipinski definition) is 3. The maximum atomic E-state index is 13.3. The Morgan fingerprint density at radius 2 is 1.67 bits per heavy atom. The minimum absolute atomic E-state index is 0.0854. The van der Waals surface area contributed by atoms with Crippen molar-refractivity contribution in [3.8, 4) is 5.75 Å². The molecular formula is C14H10F2N2O3. The number of halogens is 2. The van der Waals surface area contributed by atoms with Crippen LogP contribution in [-0.2, 0) is 9.59 Å². The van der Waals surface area contributed by atoms with Crippen LogP contribution in [0, 0.1) is 11.6 Å². The van der Waals surface area contributed by atoms with Gasteiger partial charge < -0.3 is 15.7 Å². The largest absolute Gasteiger partial charge is 0.508 e. The lowest BCUT2D eigenvalue weighted by molar-refractivity contribution is -0.133. The van der Waals surface area contributed by atoms with E-state index < -0.39 is 23.4 Å². The highest BCUT2D eigenvalue weighted by Gasteiger charge is 2.16. The molecule has 0 radical (unpaired) electrons. The normalized spacial score (nSPS) is 10.0. The Hall–Kier alpha value is -2.96. The Morgan fingerprint density at radius 3 is 2.33 bits per heavy atom. The van der Waals surface area contributed by atoms with Gasteiger partial charge in [-0.05, 0) is 24.3 Å². The minimum atomic E-state index is -1.12. The molecule has 0 heterocycles. The van der Waals surface area contributed by atoms with Gasteiger partial charge in [0.25, 0.3) is 0 Å². The van der Waals surface area contributed by atoms with Crippen molar-refractivity contribution >= 4 is 23.2 Å². The van der Waals surface area contributed by atoms with E-state index >= 15 is 0 Å². The van der Waals surface area contributed by atoms with E-state index in [1.807, 2.05) is 5.32 Å². The van der Waals surface area contributed by atoms with Crippen molar-refractivity contribution < 1.29 is 23.5 Å². The number of hydrogen-bond donors (Lipinski definition) is 3. The second kappa shape index (κ2) is 6.00. The third-order valence-electron chi connectivity index (χ3n) is 2.49. The van der Waals surface area contributed by atoms with Crippen molar-refractivity contribution in [1.82, 2.24) is 0 Å². The summed E-state index contributed by atoms with van der Waals surface area (Å²) in [6.45, 7) is 0. The summed E-state index contributed by atoms with van der Waals surface area (Å²) in [5, 5.41) is 13.5. The van der Waals surface area contributed by atoms with Gasteiger partial charge in [0, 0.05) is 17.8 Å². The van der Waals surface area contributed by atoms with Crippen molar-refractivity contribution in [2.75, 3.05) is 10.6 Å². The molecular weight excluding hydrogens is 282 g/mol. The quantitative estimate of drug-likeness (QED) is 0.743. The van der Waals surface area contributed by atoms with Gasteiger partial charge >= 0.3 is 11.8 Å². The minimum Gasteiger partial charge on any atom is -0.508 e. The van der Waals surface area contributed by atoms with E-state index in [1.165, 1.54) is 24.3 Å². The summed E-state index contributed by atoms with van der Waals surface area (Å²) in [6.07, 6.45) is 0. The molecule has 0 saturated carbocycles. The molecule has 0 unspecified atom stereocenters. The van der Waals surface area contributed by atoms with E-state index in [2.05, 4.69) is 5.32 Å². The molecule has 2 amide bonds. The predicted octanol–water partition coefficient (Wildman–Crippen LogP) is 2.25. The highest BCUT2D eigenvalue weighted by molar-refractivity contribution is 6.43. The predicted molar refractivity (Wildman–Crippen MR) is 71.7 cm³/mol. The van der Waals surface area contributed by atoms with E-state index in [1.54, 1.807) is 0 Å². The smallest absolute Gasteiger partial charge is 0.314 e. The van der Waals surface area contributed by atoms with Crippen LogP contribution >= 0.6 is 0 Å². The van der Waals surface area contributed by atoms with Gasteiger partial charge in [0.15, 0.2) is 0 Å². The van der Waals surface area contributed by atoms with Gasteiger partial charge in [-0.25, -0.2) is 8.78 Å². The Kier molecular flexibility index (Phi) is 4.13. The zero-order valence-electron chi connectivity index (χ0n) is 10.6. The van der Waals surface area contributed by atoms with Gasteiger partial charge in [0.05, 0.1) is 5.69 Å². The molecule has 3 N–H and O–H groups in total. The molecule has 2 aromatic carbocycles. The topological polar surface area (TPSA) is 78.4 Å². The maximum absolute atomic E-state index is 13.3. The molecule has 108 valence electrons. The van der Waals surface area contributed by atoms with Gasteiger partial charge in [-0.3, -0.25) is 9.59 Å². The average molecular weight is 292 g/mol. The summed E-state index contributed by atoms with van der Waals surface area (Å²) < 4.78 is 26.0. The zero-order chi connectivity index (χ0) is 15.4. The molecule has 21 heavy (non-hydrogen) atoms. The number of carbonyl (C=O) groups is 2. The van der Waals surface area contributed by atoms with Crippen LogP contribution in [0.4, 0.5) is 20.2 Å². The molecule has 0 spiro atoms. The van der Waals surface area contributed by atoms with E-state index in [-0.39, 0.29) is 17.1 Å².